The van der Waals surface area contributed by atoms with Crippen molar-refractivity contribution < 1.29 is 14.3 Å². The fourth-order valence-electron chi connectivity index (χ4n) is 2.50. The molecule has 1 aliphatic heterocycles. The molecule has 0 bridgehead atoms. The topological polar surface area (TPSA) is 38.8 Å². The summed E-state index contributed by atoms with van der Waals surface area (Å²) in [7, 11) is 1.63. The minimum Gasteiger partial charge on any atom is -0.497 e. The van der Waals surface area contributed by atoms with Crippen molar-refractivity contribution in [1.29, 1.82) is 0 Å². The molecule has 116 valence electrons. The van der Waals surface area contributed by atoms with Crippen molar-refractivity contribution in [2.45, 2.75) is 25.8 Å². The molecule has 0 aromatic heterocycles. The average molecular weight is 356 g/mol. The number of ketones is 1. The van der Waals surface area contributed by atoms with E-state index >= 15 is 0 Å². The van der Waals surface area contributed by atoms with Gasteiger partial charge < -0.3 is 9.47 Å². The summed E-state index contributed by atoms with van der Waals surface area (Å²) >= 11 is 3.51. The van der Waals surface area contributed by atoms with E-state index in [1.165, 1.54) is 0 Å². The third-order valence-electron chi connectivity index (χ3n) is 4.09. The Kier molecular flexibility index (Phi) is 5.41. The Labute approximate surface area is 134 Å². The molecule has 0 radical (unpaired) electrons. The van der Waals surface area contributed by atoms with Gasteiger partial charge in [0.2, 0.25) is 0 Å². The van der Waals surface area contributed by atoms with Crippen molar-refractivity contribution in [1.82, 2.24) is 4.90 Å². The first-order valence-corrected chi connectivity index (χ1v) is 7.93. The van der Waals surface area contributed by atoms with Crippen LogP contribution in [-0.2, 0) is 16.0 Å². The van der Waals surface area contributed by atoms with E-state index in [9.17, 15) is 4.79 Å². The van der Waals surface area contributed by atoms with Crippen LogP contribution < -0.4 is 4.74 Å². The van der Waals surface area contributed by atoms with Crippen LogP contribution in [0.2, 0.25) is 0 Å². The zero-order valence-electron chi connectivity index (χ0n) is 12.8. The second kappa shape index (κ2) is 6.90. The molecule has 1 aliphatic rings. The second-order valence-electron chi connectivity index (χ2n) is 5.72. The molecule has 1 fully saturated rings. The molecule has 21 heavy (non-hydrogen) atoms. The predicted octanol–water partition coefficient (Wildman–Crippen LogP) is 2.68. The van der Waals surface area contributed by atoms with E-state index < -0.39 is 5.54 Å². The van der Waals surface area contributed by atoms with Crippen LogP contribution in [0.15, 0.2) is 22.7 Å². The van der Waals surface area contributed by atoms with Gasteiger partial charge in [-0.25, -0.2) is 0 Å². The number of halogens is 1. The number of Topliss-reactive ketones (excluding diaryl/α,β-unsaturated/α-hetero) is 1. The van der Waals surface area contributed by atoms with Crippen molar-refractivity contribution in [3.05, 3.63) is 28.2 Å². The van der Waals surface area contributed by atoms with Gasteiger partial charge in [0, 0.05) is 24.0 Å². The maximum atomic E-state index is 12.7. The Balaban J connectivity index is 2.12. The average Bonchev–Trinajstić information content (AvgIpc) is 2.50. The Morgan fingerprint density at radius 3 is 2.67 bits per heavy atom. The van der Waals surface area contributed by atoms with Gasteiger partial charge in [0.1, 0.15) is 5.75 Å². The minimum absolute atomic E-state index is 0.207. The van der Waals surface area contributed by atoms with Gasteiger partial charge in [-0.05, 0) is 37.6 Å². The number of methoxy groups -OCH3 is 1. The van der Waals surface area contributed by atoms with Crippen LogP contribution in [0.3, 0.4) is 0 Å². The predicted molar refractivity (Wildman–Crippen MR) is 85.9 cm³/mol. The summed E-state index contributed by atoms with van der Waals surface area (Å²) in [6, 6.07) is 5.71. The minimum atomic E-state index is -0.480. The van der Waals surface area contributed by atoms with Crippen LogP contribution in [0.5, 0.6) is 5.75 Å². The standard InChI is InChI=1S/C16H22BrNO3/c1-16(2,18-6-8-21-9-7-18)15(19)11-12-10-13(20-3)4-5-14(12)17/h4-5,10H,6-9,11H2,1-3H3. The lowest BCUT2D eigenvalue weighted by Gasteiger charge is -2.39. The summed E-state index contributed by atoms with van der Waals surface area (Å²) in [5, 5.41) is 0. The summed E-state index contributed by atoms with van der Waals surface area (Å²) in [4.78, 5) is 14.9. The molecule has 0 spiro atoms. The van der Waals surface area contributed by atoms with Gasteiger partial charge in [0.25, 0.3) is 0 Å². The van der Waals surface area contributed by atoms with Crippen molar-refractivity contribution in [2.75, 3.05) is 33.4 Å². The molecule has 0 saturated carbocycles. The molecular weight excluding hydrogens is 334 g/mol. The lowest BCUT2D eigenvalue weighted by atomic mass is 9.91. The van der Waals surface area contributed by atoms with E-state index in [0.29, 0.717) is 19.6 Å². The third-order valence-corrected chi connectivity index (χ3v) is 4.86. The zero-order valence-corrected chi connectivity index (χ0v) is 14.4. The highest BCUT2D eigenvalue weighted by Crippen LogP contribution is 2.26. The number of morpholine rings is 1. The molecule has 0 amide bonds. The largest absolute Gasteiger partial charge is 0.497 e. The van der Waals surface area contributed by atoms with Gasteiger partial charge in [0.05, 0.1) is 25.9 Å². The van der Waals surface area contributed by atoms with Crippen LogP contribution in [0.25, 0.3) is 0 Å². The lowest BCUT2D eigenvalue weighted by Crippen LogP contribution is -2.54. The molecule has 0 aliphatic carbocycles. The van der Waals surface area contributed by atoms with Crippen LogP contribution in [-0.4, -0.2) is 49.6 Å². The number of hydrogen-bond donors (Lipinski definition) is 0. The van der Waals surface area contributed by atoms with Gasteiger partial charge >= 0.3 is 0 Å². The molecule has 0 N–H and O–H groups in total. The first-order valence-electron chi connectivity index (χ1n) is 7.13. The highest BCUT2D eigenvalue weighted by Gasteiger charge is 2.35. The highest BCUT2D eigenvalue weighted by molar-refractivity contribution is 9.10. The first kappa shape index (κ1) is 16.5. The van der Waals surface area contributed by atoms with Crippen LogP contribution in [0.1, 0.15) is 19.4 Å². The number of rotatable bonds is 5. The molecule has 0 atom stereocenters. The van der Waals surface area contributed by atoms with E-state index in [4.69, 9.17) is 9.47 Å². The van der Waals surface area contributed by atoms with E-state index in [2.05, 4.69) is 20.8 Å². The van der Waals surface area contributed by atoms with E-state index in [0.717, 1.165) is 28.9 Å². The summed E-state index contributed by atoms with van der Waals surface area (Å²) < 4.78 is 11.5. The third kappa shape index (κ3) is 3.84. The highest BCUT2D eigenvalue weighted by atomic mass is 79.9. The summed E-state index contributed by atoms with van der Waals surface area (Å²) in [5.74, 6) is 0.975. The molecule has 0 unspecified atom stereocenters. The monoisotopic (exact) mass is 355 g/mol. The maximum Gasteiger partial charge on any atom is 0.156 e. The fourth-order valence-corrected chi connectivity index (χ4v) is 2.89. The van der Waals surface area contributed by atoms with Crippen molar-refractivity contribution >= 4 is 21.7 Å². The van der Waals surface area contributed by atoms with Gasteiger partial charge in [0.15, 0.2) is 5.78 Å². The SMILES string of the molecule is COc1ccc(Br)c(CC(=O)C(C)(C)N2CCOCC2)c1. The summed E-state index contributed by atoms with van der Waals surface area (Å²) in [6.45, 7) is 6.98. The maximum absolute atomic E-state index is 12.7. The van der Waals surface area contributed by atoms with Gasteiger partial charge in [-0.15, -0.1) is 0 Å². The number of carbonyl (C=O) groups is 1. The van der Waals surface area contributed by atoms with Crippen LogP contribution in [0, 0.1) is 0 Å². The smallest absolute Gasteiger partial charge is 0.156 e. The van der Waals surface area contributed by atoms with E-state index in [-0.39, 0.29) is 5.78 Å². The molecule has 5 heteroatoms. The van der Waals surface area contributed by atoms with E-state index in [1.807, 2.05) is 32.0 Å². The fraction of sp³-hybridized carbons (Fsp3) is 0.562. The molecular formula is C16H22BrNO3. The van der Waals surface area contributed by atoms with Crippen molar-refractivity contribution in [2.24, 2.45) is 0 Å². The molecule has 1 heterocycles. The number of hydrogen-bond acceptors (Lipinski definition) is 4. The Morgan fingerprint density at radius 2 is 2.05 bits per heavy atom. The Hall–Kier alpha value is -0.910. The lowest BCUT2D eigenvalue weighted by molar-refractivity contribution is -0.131. The Bertz CT molecular complexity index is 510. The van der Waals surface area contributed by atoms with Crippen LogP contribution >= 0.6 is 15.9 Å². The summed E-state index contributed by atoms with van der Waals surface area (Å²) in [5.41, 5.74) is 0.479. The van der Waals surface area contributed by atoms with E-state index in [1.54, 1.807) is 7.11 Å². The summed E-state index contributed by atoms with van der Waals surface area (Å²) in [6.07, 6.45) is 0.391. The van der Waals surface area contributed by atoms with Crippen molar-refractivity contribution in [3.8, 4) is 5.75 Å². The Morgan fingerprint density at radius 1 is 1.38 bits per heavy atom. The molecule has 1 aromatic rings. The number of nitrogens with zero attached hydrogens (tertiary/aromatic N) is 1. The number of carbonyl (C=O) groups excluding carboxylic acids is 1. The first-order chi connectivity index (χ1) is 9.95. The van der Waals surface area contributed by atoms with Gasteiger partial charge in [-0.1, -0.05) is 15.9 Å². The molecule has 1 aromatic carbocycles. The molecule has 1 saturated heterocycles. The number of benzene rings is 1. The number of ether oxygens (including phenoxy) is 2. The molecule has 4 nitrogen and oxygen atoms in total. The zero-order chi connectivity index (χ0) is 15.5. The molecule has 2 rings (SSSR count). The second-order valence-corrected chi connectivity index (χ2v) is 6.57. The van der Waals surface area contributed by atoms with Crippen LogP contribution in [0.4, 0.5) is 0 Å². The quantitative estimate of drug-likeness (QED) is 0.813. The van der Waals surface area contributed by atoms with Crippen molar-refractivity contribution in [3.63, 3.8) is 0 Å². The normalized spacial score (nSPS) is 16.8. The van der Waals surface area contributed by atoms with Gasteiger partial charge in [-0.3, -0.25) is 9.69 Å². The van der Waals surface area contributed by atoms with Gasteiger partial charge in [-0.2, -0.15) is 0 Å².